The lowest BCUT2D eigenvalue weighted by Crippen LogP contribution is -2.40. The number of esters is 1. The summed E-state index contributed by atoms with van der Waals surface area (Å²) in [6.45, 7) is 1.94. The van der Waals surface area contributed by atoms with Crippen LogP contribution in [-0.4, -0.2) is 31.9 Å². The molecule has 5 rings (SSSR count). The van der Waals surface area contributed by atoms with Gasteiger partial charge in [0.05, 0.1) is 41.6 Å². The van der Waals surface area contributed by atoms with Crippen LogP contribution in [0.15, 0.2) is 80.1 Å². The van der Waals surface area contributed by atoms with E-state index in [4.69, 9.17) is 42.1 Å². The minimum absolute atomic E-state index is 0.214. The number of methoxy groups -OCH3 is 3. The molecular formula is C31H25BrCl2N2O6S. The number of allylic oxidation sites excluding steroid dienone is 1. The van der Waals surface area contributed by atoms with Crippen molar-refractivity contribution in [1.82, 2.24) is 4.57 Å². The first-order valence-corrected chi connectivity index (χ1v) is 15.2. The maximum Gasteiger partial charge on any atom is 0.338 e. The van der Waals surface area contributed by atoms with Crippen LogP contribution in [0.2, 0.25) is 10.0 Å². The molecule has 0 aliphatic carbocycles. The number of thiazole rings is 1. The smallest absolute Gasteiger partial charge is 0.338 e. The van der Waals surface area contributed by atoms with Gasteiger partial charge in [-0.25, -0.2) is 9.79 Å². The minimum atomic E-state index is -0.874. The van der Waals surface area contributed by atoms with E-state index < -0.39 is 12.0 Å². The molecule has 1 atom stereocenters. The molecule has 0 amide bonds. The number of hydrogen-bond donors (Lipinski definition) is 0. The van der Waals surface area contributed by atoms with Gasteiger partial charge in [-0.2, -0.15) is 0 Å². The molecule has 12 heteroatoms. The van der Waals surface area contributed by atoms with Gasteiger partial charge in [0.15, 0.2) is 16.3 Å². The highest BCUT2D eigenvalue weighted by Gasteiger charge is 2.35. The fraction of sp³-hybridized carbons (Fsp3) is 0.194. The second kappa shape index (κ2) is 13.0. The van der Waals surface area contributed by atoms with Crippen LogP contribution < -0.4 is 29.1 Å². The average Bonchev–Trinajstić information content (AvgIpc) is 3.29. The van der Waals surface area contributed by atoms with Crippen LogP contribution in [0.4, 0.5) is 0 Å². The predicted octanol–water partition coefficient (Wildman–Crippen LogP) is 6.07. The number of aromatic nitrogens is 1. The molecule has 222 valence electrons. The van der Waals surface area contributed by atoms with Crippen LogP contribution in [0.25, 0.3) is 6.08 Å². The monoisotopic (exact) mass is 702 g/mol. The second-order valence-corrected chi connectivity index (χ2v) is 12.1. The van der Waals surface area contributed by atoms with Crippen LogP contribution in [0.3, 0.4) is 0 Å². The average molecular weight is 704 g/mol. The summed E-state index contributed by atoms with van der Waals surface area (Å²) in [5.41, 5.74) is 2.33. The highest BCUT2D eigenvalue weighted by atomic mass is 79.9. The normalized spacial score (nSPS) is 14.7. The molecule has 8 nitrogen and oxygen atoms in total. The van der Waals surface area contributed by atoms with Gasteiger partial charge in [-0.3, -0.25) is 9.36 Å². The third kappa shape index (κ3) is 6.10. The summed E-state index contributed by atoms with van der Waals surface area (Å²) in [5.74, 6) is 0.808. The Bertz CT molecular complexity index is 1950. The zero-order valence-electron chi connectivity index (χ0n) is 23.4. The van der Waals surface area contributed by atoms with E-state index in [-0.39, 0.29) is 17.7 Å². The Kier molecular flexibility index (Phi) is 9.31. The van der Waals surface area contributed by atoms with E-state index in [1.807, 2.05) is 24.3 Å². The second-order valence-electron chi connectivity index (χ2n) is 9.37. The molecule has 3 aromatic carbocycles. The summed E-state index contributed by atoms with van der Waals surface area (Å²) in [6.07, 6.45) is 1.73. The highest BCUT2D eigenvalue weighted by molar-refractivity contribution is 9.10. The van der Waals surface area contributed by atoms with Crippen LogP contribution in [0, 0.1) is 0 Å². The van der Waals surface area contributed by atoms with Gasteiger partial charge in [0.1, 0.15) is 18.4 Å². The summed E-state index contributed by atoms with van der Waals surface area (Å²) in [5, 5.41) is 1.02. The number of benzene rings is 3. The van der Waals surface area contributed by atoms with Gasteiger partial charge in [-0.1, -0.05) is 52.7 Å². The fourth-order valence-electron chi connectivity index (χ4n) is 4.79. The largest absolute Gasteiger partial charge is 0.496 e. The summed E-state index contributed by atoms with van der Waals surface area (Å²) in [4.78, 5) is 32.0. The molecule has 0 saturated carbocycles. The molecule has 4 aromatic rings. The molecule has 0 bridgehead atoms. The number of nitrogens with zero attached hydrogens (tertiary/aromatic N) is 2. The Morgan fingerprint density at radius 3 is 2.51 bits per heavy atom. The molecule has 0 spiro atoms. The van der Waals surface area contributed by atoms with E-state index >= 15 is 0 Å². The van der Waals surface area contributed by atoms with E-state index in [2.05, 4.69) is 20.9 Å². The van der Waals surface area contributed by atoms with Gasteiger partial charge in [-0.05, 0) is 70.9 Å². The number of hydrogen-bond acceptors (Lipinski definition) is 8. The molecule has 2 heterocycles. The van der Waals surface area contributed by atoms with Crippen LogP contribution in [-0.2, 0) is 16.1 Å². The molecule has 43 heavy (non-hydrogen) atoms. The first-order valence-electron chi connectivity index (χ1n) is 12.8. The standard InChI is InChI=1S/C31H25BrCl2N2O6S/c1-16-26(30(38)41-4)27(20-14-19(33)9-10-23(20)39-2)36-29(37)25(43-31(36)35-16)13-17-11-21(32)28(24(12-17)40-3)42-15-18-7-5-6-8-22(18)34/h5-14,27H,15H2,1-4H3/b25-13-/t27-/m1/s1. The first-order chi connectivity index (χ1) is 20.7. The number of halogens is 3. The maximum atomic E-state index is 14.0. The Morgan fingerprint density at radius 1 is 1.07 bits per heavy atom. The van der Waals surface area contributed by atoms with Crippen molar-refractivity contribution in [1.29, 1.82) is 0 Å². The number of rotatable bonds is 8. The van der Waals surface area contributed by atoms with E-state index in [0.717, 1.165) is 5.56 Å². The molecule has 0 unspecified atom stereocenters. The van der Waals surface area contributed by atoms with E-state index in [1.54, 1.807) is 43.3 Å². The van der Waals surface area contributed by atoms with Gasteiger partial charge in [0.25, 0.3) is 5.56 Å². The van der Waals surface area contributed by atoms with Crippen molar-refractivity contribution in [2.75, 3.05) is 21.3 Å². The minimum Gasteiger partial charge on any atom is -0.496 e. The molecule has 0 fully saturated rings. The topological polar surface area (TPSA) is 88.4 Å². The predicted molar refractivity (Wildman–Crippen MR) is 170 cm³/mol. The Morgan fingerprint density at radius 2 is 1.81 bits per heavy atom. The van der Waals surface area contributed by atoms with Crippen LogP contribution in [0.5, 0.6) is 17.2 Å². The van der Waals surface area contributed by atoms with Crippen molar-refractivity contribution in [3.05, 3.63) is 117 Å². The molecule has 1 aliphatic rings. The van der Waals surface area contributed by atoms with Crippen molar-refractivity contribution in [2.45, 2.75) is 19.6 Å². The van der Waals surface area contributed by atoms with Gasteiger partial charge < -0.3 is 18.9 Å². The zero-order chi connectivity index (χ0) is 30.8. The SMILES string of the molecule is COC(=O)C1=C(C)N=c2s/c(=C\c3cc(Br)c(OCc4ccccc4Cl)c(OC)c3)c(=O)n2[C@@H]1c1cc(Cl)ccc1OC. The molecule has 0 radical (unpaired) electrons. The summed E-state index contributed by atoms with van der Waals surface area (Å²) >= 11 is 17.4. The van der Waals surface area contributed by atoms with E-state index in [0.29, 0.717) is 57.9 Å². The summed E-state index contributed by atoms with van der Waals surface area (Å²) < 4.78 is 24.8. The van der Waals surface area contributed by atoms with Crippen molar-refractivity contribution >= 4 is 62.5 Å². The third-order valence-corrected chi connectivity index (χ3v) is 8.97. The Hall–Kier alpha value is -3.57. The van der Waals surface area contributed by atoms with Crippen LogP contribution >= 0.6 is 50.5 Å². The lowest BCUT2D eigenvalue weighted by molar-refractivity contribution is -0.136. The van der Waals surface area contributed by atoms with Crippen LogP contribution in [0.1, 0.15) is 29.7 Å². The first kappa shape index (κ1) is 30.9. The number of fused-ring (bicyclic) bond motifs is 1. The summed E-state index contributed by atoms with van der Waals surface area (Å²) in [7, 11) is 4.34. The van der Waals surface area contributed by atoms with Gasteiger partial charge >= 0.3 is 5.97 Å². The quantitative estimate of drug-likeness (QED) is 0.207. The fourth-order valence-corrected chi connectivity index (χ4v) is 6.78. The number of ether oxygens (including phenoxy) is 4. The van der Waals surface area contributed by atoms with E-state index in [1.165, 1.54) is 37.2 Å². The lowest BCUT2D eigenvalue weighted by atomic mass is 9.95. The summed E-state index contributed by atoms with van der Waals surface area (Å²) in [6, 6.07) is 15.2. The van der Waals surface area contributed by atoms with Gasteiger partial charge in [0.2, 0.25) is 0 Å². The van der Waals surface area contributed by atoms with E-state index in [9.17, 15) is 9.59 Å². The molecule has 0 N–H and O–H groups in total. The number of carbonyl (C=O) groups is 1. The molecule has 1 aliphatic heterocycles. The molecule has 1 aromatic heterocycles. The number of carbonyl (C=O) groups excluding carboxylic acids is 1. The Balaban J connectivity index is 1.62. The van der Waals surface area contributed by atoms with Crippen molar-refractivity contribution < 1.29 is 23.7 Å². The Labute approximate surface area is 269 Å². The molecule has 0 saturated heterocycles. The highest BCUT2D eigenvalue weighted by Crippen LogP contribution is 2.39. The van der Waals surface area contributed by atoms with Gasteiger partial charge in [0, 0.05) is 21.2 Å². The van der Waals surface area contributed by atoms with Gasteiger partial charge in [-0.15, -0.1) is 0 Å². The zero-order valence-corrected chi connectivity index (χ0v) is 27.4. The lowest BCUT2D eigenvalue weighted by Gasteiger charge is -2.25. The van der Waals surface area contributed by atoms with Crippen molar-refractivity contribution in [3.8, 4) is 17.2 Å². The molecular weight excluding hydrogens is 679 g/mol. The van der Waals surface area contributed by atoms with Crippen molar-refractivity contribution in [3.63, 3.8) is 0 Å². The maximum absolute atomic E-state index is 14.0. The van der Waals surface area contributed by atoms with Crippen molar-refractivity contribution in [2.24, 2.45) is 4.99 Å². The third-order valence-electron chi connectivity index (χ3n) is 6.79.